The Kier molecular flexibility index (Phi) is 11.3. The number of alkyl halides is 3. The van der Waals surface area contributed by atoms with Crippen molar-refractivity contribution in [3.8, 4) is 11.6 Å². The molecule has 3 aromatic rings. The van der Waals surface area contributed by atoms with Gasteiger partial charge in [-0.3, -0.25) is 9.69 Å². The lowest BCUT2D eigenvalue weighted by atomic mass is 9.89. The molecule has 2 heterocycles. The minimum Gasteiger partial charge on any atom is -0.495 e. The van der Waals surface area contributed by atoms with Crippen molar-refractivity contribution in [3.63, 3.8) is 0 Å². The number of sulfonamides is 1. The molecule has 2 N–H and O–H groups in total. The maximum atomic E-state index is 15.6. The fourth-order valence-corrected chi connectivity index (χ4v) is 8.74. The minimum atomic E-state index is -4.92. The summed E-state index contributed by atoms with van der Waals surface area (Å²) in [5.74, 6) is -1.76. The highest BCUT2D eigenvalue weighted by Gasteiger charge is 2.43. The van der Waals surface area contributed by atoms with Gasteiger partial charge in [-0.2, -0.15) is 22.5 Å². The van der Waals surface area contributed by atoms with Crippen molar-refractivity contribution in [3.05, 3.63) is 70.7 Å². The number of nitrogens with zero attached hydrogens (tertiary/aromatic N) is 5. The second-order valence-electron chi connectivity index (χ2n) is 15.1. The highest BCUT2D eigenvalue weighted by Crippen LogP contribution is 2.42. The van der Waals surface area contributed by atoms with Gasteiger partial charge in [-0.05, 0) is 61.6 Å². The average molecular weight is 790 g/mol. The molecule has 55 heavy (non-hydrogen) atoms. The Balaban J connectivity index is 1.03. The van der Waals surface area contributed by atoms with Gasteiger partial charge in [0.05, 0.1) is 30.7 Å². The van der Waals surface area contributed by atoms with Gasteiger partial charge in [-0.1, -0.05) is 24.3 Å². The number of amides is 1. The van der Waals surface area contributed by atoms with Crippen molar-refractivity contribution in [2.45, 2.75) is 75.4 Å². The first-order valence-corrected chi connectivity index (χ1v) is 20.6. The molecule has 7 rings (SSSR count). The summed E-state index contributed by atoms with van der Waals surface area (Å²) in [5, 5.41) is 5.68. The largest absolute Gasteiger partial charge is 0.495 e. The highest BCUT2D eigenvalue weighted by molar-refractivity contribution is 7.88. The van der Waals surface area contributed by atoms with E-state index in [9.17, 15) is 26.4 Å². The Labute approximate surface area is 318 Å². The molecule has 17 heteroatoms. The first-order valence-electron chi connectivity index (χ1n) is 18.7. The lowest BCUT2D eigenvalue weighted by Crippen LogP contribution is -2.52. The lowest BCUT2D eigenvalue weighted by molar-refractivity contribution is -0.140. The van der Waals surface area contributed by atoms with Crippen LogP contribution in [0.4, 0.5) is 29.2 Å². The molecule has 0 unspecified atom stereocenters. The summed E-state index contributed by atoms with van der Waals surface area (Å²) in [6.07, 6.45) is 1.86. The van der Waals surface area contributed by atoms with Crippen molar-refractivity contribution in [1.29, 1.82) is 0 Å². The molecule has 2 aromatic carbocycles. The molecule has 1 amide bonds. The predicted octanol–water partition coefficient (Wildman–Crippen LogP) is 5.39. The third kappa shape index (κ3) is 9.00. The van der Waals surface area contributed by atoms with Gasteiger partial charge < -0.3 is 25.0 Å². The Bertz CT molecular complexity index is 1980. The molecule has 1 saturated heterocycles. The lowest BCUT2D eigenvalue weighted by Gasteiger charge is -2.42. The first kappa shape index (κ1) is 39.2. The van der Waals surface area contributed by atoms with E-state index in [0.29, 0.717) is 17.8 Å². The van der Waals surface area contributed by atoms with Crippen LogP contribution in [0.5, 0.6) is 11.6 Å². The third-order valence-electron chi connectivity index (χ3n) is 11.3. The zero-order valence-corrected chi connectivity index (χ0v) is 31.9. The number of hydrogen-bond donors (Lipinski definition) is 2. The molecule has 3 fully saturated rings. The predicted molar refractivity (Wildman–Crippen MR) is 197 cm³/mol. The van der Waals surface area contributed by atoms with Gasteiger partial charge in [0.25, 0.3) is 5.91 Å². The fraction of sp³-hybridized carbons (Fsp3) is 0.553. The van der Waals surface area contributed by atoms with Crippen LogP contribution >= 0.6 is 0 Å². The van der Waals surface area contributed by atoms with Gasteiger partial charge in [0.2, 0.25) is 21.9 Å². The van der Waals surface area contributed by atoms with Crippen LogP contribution in [0.2, 0.25) is 0 Å². The van der Waals surface area contributed by atoms with E-state index in [1.807, 2.05) is 0 Å². The van der Waals surface area contributed by atoms with Gasteiger partial charge in [0.15, 0.2) is 0 Å². The molecule has 2 atom stereocenters. The highest BCUT2D eigenvalue weighted by atomic mass is 32.2. The number of ether oxygens (including phenoxy) is 2. The molecule has 298 valence electrons. The molecule has 2 saturated carbocycles. The normalized spacial score (nSPS) is 23.7. The van der Waals surface area contributed by atoms with Crippen LogP contribution in [0.15, 0.2) is 42.6 Å². The Morgan fingerprint density at radius 1 is 1.04 bits per heavy atom. The number of methoxy groups -OCH3 is 1. The number of piperazine rings is 1. The molecular formula is C38H47F4N7O5S. The monoisotopic (exact) mass is 789 g/mol. The number of hydrogen-bond acceptors (Lipinski definition) is 10. The number of fused-ring (bicyclic) bond motifs is 1. The first-order chi connectivity index (χ1) is 26.2. The average Bonchev–Trinajstić information content (AvgIpc) is 3.89. The number of halogens is 4. The number of benzene rings is 2. The van der Waals surface area contributed by atoms with Crippen molar-refractivity contribution < 1.29 is 40.2 Å². The molecule has 4 aliphatic rings. The summed E-state index contributed by atoms with van der Waals surface area (Å²) in [7, 11) is -1.13. The molecule has 3 aliphatic carbocycles. The van der Waals surface area contributed by atoms with Crippen molar-refractivity contribution in [2.24, 2.45) is 5.92 Å². The van der Waals surface area contributed by atoms with Crippen LogP contribution in [0.3, 0.4) is 0 Å². The number of carbonyl (C=O) groups is 1. The molecular weight excluding hydrogens is 743 g/mol. The molecule has 0 spiro atoms. The van der Waals surface area contributed by atoms with E-state index >= 15 is 4.39 Å². The molecule has 1 aliphatic heterocycles. The number of nitrogens with one attached hydrogen (secondary N) is 2. The molecule has 12 nitrogen and oxygen atoms in total. The summed E-state index contributed by atoms with van der Waals surface area (Å²) in [6, 6.07) is 8.58. The van der Waals surface area contributed by atoms with Crippen LogP contribution in [0.1, 0.15) is 71.6 Å². The number of rotatable bonds is 12. The quantitative estimate of drug-likeness (QED) is 0.231. The van der Waals surface area contributed by atoms with Gasteiger partial charge in [-0.25, -0.2) is 17.8 Å². The van der Waals surface area contributed by atoms with Gasteiger partial charge in [-0.15, -0.1) is 0 Å². The summed E-state index contributed by atoms with van der Waals surface area (Å²) in [4.78, 5) is 26.3. The van der Waals surface area contributed by atoms with Crippen molar-refractivity contribution in [2.75, 3.05) is 58.5 Å². The van der Waals surface area contributed by atoms with Crippen LogP contribution in [0.25, 0.3) is 0 Å². The van der Waals surface area contributed by atoms with E-state index in [2.05, 4.69) is 30.4 Å². The smallest absolute Gasteiger partial charge is 0.423 e. The van der Waals surface area contributed by atoms with E-state index in [1.54, 1.807) is 24.3 Å². The maximum absolute atomic E-state index is 15.6. The fourth-order valence-electron chi connectivity index (χ4n) is 8.07. The molecule has 1 aromatic heterocycles. The molecule has 0 bridgehead atoms. The minimum absolute atomic E-state index is 0.0307. The van der Waals surface area contributed by atoms with E-state index in [1.165, 1.54) is 39.6 Å². The van der Waals surface area contributed by atoms with E-state index in [0.717, 1.165) is 80.0 Å². The second-order valence-corrected chi connectivity index (χ2v) is 17.2. The van der Waals surface area contributed by atoms with Crippen LogP contribution in [-0.4, -0.2) is 110 Å². The zero-order valence-electron chi connectivity index (χ0n) is 31.1. The number of anilines is 2. The summed E-state index contributed by atoms with van der Waals surface area (Å²) < 4.78 is 95.7. The SMILES string of the molecule is COc1cc(C(=O)NC2CCC(N3CCN(CC4CC4)CC3)CC2)c(F)cc1Nc1ncc(C(F)(F)F)c(O[C@@H]2Cc3ccccc3[C@H]2N(C)S(C)(=O)=O)n1. The Hall–Kier alpha value is -4.06. The standard InChI is InChI=1S/C38H47F4N7O5S/c1-47(55(3,51)52)34-27-7-5-4-6-24(27)18-33(34)54-36-29(38(40,41)42)21-43-37(46-36)45-31-20-30(39)28(19-32(31)53-2)35(50)44-25-10-12-26(13-11-25)49-16-14-48(15-17-49)22-23-8-9-23/h4-7,19-21,23,25-26,33-34H,8-18,22H2,1-3H3,(H,44,50)(H,43,45,46)/t25?,26?,33-,34-/m1/s1. The van der Waals surface area contributed by atoms with Crippen LogP contribution < -0.4 is 20.1 Å². The van der Waals surface area contributed by atoms with Crippen LogP contribution in [-0.2, 0) is 22.6 Å². The summed E-state index contributed by atoms with van der Waals surface area (Å²) in [5.41, 5.74) is -0.232. The number of carbonyl (C=O) groups excluding carboxylic acids is 1. The zero-order chi connectivity index (χ0) is 39.1. The van der Waals surface area contributed by atoms with E-state index < -0.39 is 51.5 Å². The number of aromatic nitrogens is 2. The Morgan fingerprint density at radius 2 is 1.75 bits per heavy atom. The van der Waals surface area contributed by atoms with E-state index in [4.69, 9.17) is 9.47 Å². The van der Waals surface area contributed by atoms with Gasteiger partial charge in [0, 0.05) is 70.5 Å². The topological polar surface area (TPSA) is 129 Å². The van der Waals surface area contributed by atoms with Gasteiger partial charge >= 0.3 is 6.18 Å². The number of likely N-dealkylation sites (N-methyl/N-ethyl adjacent to an activating group) is 1. The van der Waals surface area contributed by atoms with E-state index in [-0.39, 0.29) is 35.4 Å². The van der Waals surface area contributed by atoms with Crippen molar-refractivity contribution in [1.82, 2.24) is 29.4 Å². The maximum Gasteiger partial charge on any atom is 0.423 e. The third-order valence-corrected chi connectivity index (χ3v) is 12.6. The summed E-state index contributed by atoms with van der Waals surface area (Å²) >= 11 is 0. The van der Waals surface area contributed by atoms with Gasteiger partial charge in [0.1, 0.15) is 23.2 Å². The molecule has 0 radical (unpaired) electrons. The second kappa shape index (κ2) is 15.8. The summed E-state index contributed by atoms with van der Waals surface area (Å²) in [6.45, 7) is 5.53. The van der Waals surface area contributed by atoms with Crippen molar-refractivity contribution >= 4 is 27.6 Å². The Morgan fingerprint density at radius 3 is 2.40 bits per heavy atom. The van der Waals surface area contributed by atoms with Crippen LogP contribution in [0, 0.1) is 11.7 Å².